The predicted molar refractivity (Wildman–Crippen MR) is 70.4 cm³/mol. The lowest BCUT2D eigenvalue weighted by atomic mass is 9.81. The van der Waals surface area contributed by atoms with E-state index >= 15 is 0 Å². The number of nitrogens with two attached hydrogens (primary N) is 1. The van der Waals surface area contributed by atoms with Crippen molar-refractivity contribution in [3.8, 4) is 0 Å². The number of hydrogen-bond donors (Lipinski definition) is 1. The van der Waals surface area contributed by atoms with Gasteiger partial charge in [0.05, 0.1) is 18.6 Å². The number of carbonyl (C=O) groups is 1. The largest absolute Gasteiger partial charge is 0.444 e. The molecule has 0 saturated carbocycles. The van der Waals surface area contributed by atoms with E-state index in [4.69, 9.17) is 4.74 Å². The topological polar surface area (TPSA) is 46.1 Å². The van der Waals surface area contributed by atoms with E-state index in [9.17, 15) is 4.79 Å². The van der Waals surface area contributed by atoms with E-state index < -0.39 is 5.60 Å². The first-order chi connectivity index (χ1) is 8.43. The van der Waals surface area contributed by atoms with Crippen LogP contribution < -0.4 is 5.32 Å². The number of quaternary nitrogens is 1. The fourth-order valence-electron chi connectivity index (χ4n) is 3.22. The van der Waals surface area contributed by atoms with Gasteiger partial charge in [-0.15, -0.1) is 0 Å². The zero-order valence-electron chi connectivity index (χ0n) is 12.0. The second kappa shape index (κ2) is 5.08. The smallest absolute Gasteiger partial charge is 0.410 e. The molecule has 0 aromatic rings. The minimum atomic E-state index is -0.395. The van der Waals surface area contributed by atoms with Crippen LogP contribution in [0.2, 0.25) is 0 Å². The summed E-state index contributed by atoms with van der Waals surface area (Å²) in [6.45, 7) is 8.93. The molecule has 0 radical (unpaired) electrons. The number of carbonyl (C=O) groups excluding carboxylic acids is 1. The number of amides is 1. The van der Waals surface area contributed by atoms with Gasteiger partial charge in [0.2, 0.25) is 0 Å². The third kappa shape index (κ3) is 2.97. The summed E-state index contributed by atoms with van der Waals surface area (Å²) < 4.78 is 5.58. The summed E-state index contributed by atoms with van der Waals surface area (Å²) in [7, 11) is 0. The molecule has 4 nitrogen and oxygen atoms in total. The van der Waals surface area contributed by atoms with Crippen LogP contribution in [0.3, 0.4) is 0 Å². The Bertz CT molecular complexity index is 295. The van der Waals surface area contributed by atoms with Crippen LogP contribution in [-0.4, -0.2) is 41.8 Å². The van der Waals surface area contributed by atoms with Crippen molar-refractivity contribution in [2.75, 3.05) is 19.6 Å². The Hall–Kier alpha value is -0.770. The summed E-state index contributed by atoms with van der Waals surface area (Å²) in [5.41, 5.74) is -0.326. The molecular formula is C14H27N2O2+. The van der Waals surface area contributed by atoms with Crippen LogP contribution in [0.15, 0.2) is 0 Å². The maximum atomic E-state index is 12.4. The molecule has 0 unspecified atom stereocenters. The predicted octanol–water partition coefficient (Wildman–Crippen LogP) is 1.50. The van der Waals surface area contributed by atoms with E-state index in [2.05, 4.69) is 5.32 Å². The number of likely N-dealkylation sites (tertiary alicyclic amines) is 1. The maximum Gasteiger partial charge on any atom is 0.410 e. The van der Waals surface area contributed by atoms with Gasteiger partial charge in [0.25, 0.3) is 0 Å². The van der Waals surface area contributed by atoms with Crippen molar-refractivity contribution in [1.29, 1.82) is 0 Å². The summed E-state index contributed by atoms with van der Waals surface area (Å²) in [6, 6.07) is 0. The molecule has 2 heterocycles. The van der Waals surface area contributed by atoms with Crippen molar-refractivity contribution in [1.82, 2.24) is 4.90 Å². The first kappa shape index (κ1) is 13.7. The fourth-order valence-corrected chi connectivity index (χ4v) is 3.22. The van der Waals surface area contributed by atoms with Gasteiger partial charge in [-0.05, 0) is 52.9 Å². The first-order valence-electron chi connectivity index (χ1n) is 7.25. The van der Waals surface area contributed by atoms with Crippen molar-refractivity contribution in [3.05, 3.63) is 0 Å². The summed E-state index contributed by atoms with van der Waals surface area (Å²) >= 11 is 0. The van der Waals surface area contributed by atoms with Crippen molar-refractivity contribution in [2.45, 2.75) is 64.0 Å². The fraction of sp³-hybridized carbons (Fsp3) is 0.929. The molecule has 2 aliphatic heterocycles. The Balaban J connectivity index is 2.10. The molecule has 1 atom stereocenters. The molecule has 4 heteroatoms. The van der Waals surface area contributed by atoms with Gasteiger partial charge < -0.3 is 10.1 Å². The summed E-state index contributed by atoms with van der Waals surface area (Å²) in [6.07, 6.45) is 5.73. The second-order valence-corrected chi connectivity index (χ2v) is 6.70. The van der Waals surface area contributed by atoms with Gasteiger partial charge in [-0.1, -0.05) is 0 Å². The highest BCUT2D eigenvalue weighted by molar-refractivity contribution is 5.69. The number of piperidine rings is 2. The van der Waals surface area contributed by atoms with Gasteiger partial charge in [-0.3, -0.25) is 4.90 Å². The Morgan fingerprint density at radius 2 is 1.94 bits per heavy atom. The Labute approximate surface area is 110 Å². The normalized spacial score (nSPS) is 29.4. The lowest BCUT2D eigenvalue weighted by Crippen LogP contribution is -2.92. The molecule has 2 rings (SSSR count). The van der Waals surface area contributed by atoms with Crippen LogP contribution in [-0.2, 0) is 4.74 Å². The van der Waals surface area contributed by atoms with E-state index in [1.807, 2.05) is 25.7 Å². The molecule has 104 valence electrons. The van der Waals surface area contributed by atoms with Crippen LogP contribution in [0.5, 0.6) is 0 Å². The van der Waals surface area contributed by atoms with Gasteiger partial charge in [0.1, 0.15) is 5.60 Å². The molecule has 18 heavy (non-hydrogen) atoms. The van der Waals surface area contributed by atoms with Gasteiger partial charge in [0.15, 0.2) is 0 Å². The summed E-state index contributed by atoms with van der Waals surface area (Å²) in [5, 5.41) is 2.35. The van der Waals surface area contributed by atoms with Crippen LogP contribution in [0.4, 0.5) is 4.79 Å². The highest BCUT2D eigenvalue weighted by atomic mass is 16.6. The van der Waals surface area contributed by atoms with Crippen LogP contribution in [0.25, 0.3) is 0 Å². The first-order valence-corrected chi connectivity index (χ1v) is 7.25. The molecule has 2 N–H and O–H groups in total. The van der Waals surface area contributed by atoms with Gasteiger partial charge >= 0.3 is 6.09 Å². The molecule has 0 bridgehead atoms. The minimum Gasteiger partial charge on any atom is -0.444 e. The number of hydrogen-bond acceptors (Lipinski definition) is 2. The van der Waals surface area contributed by atoms with E-state index in [0.717, 1.165) is 32.4 Å². The van der Waals surface area contributed by atoms with Crippen molar-refractivity contribution >= 4 is 6.09 Å². The van der Waals surface area contributed by atoms with E-state index in [0.29, 0.717) is 0 Å². The maximum absolute atomic E-state index is 12.4. The van der Waals surface area contributed by atoms with E-state index in [1.54, 1.807) is 0 Å². The van der Waals surface area contributed by atoms with Crippen molar-refractivity contribution in [3.63, 3.8) is 0 Å². The Kier molecular flexibility index (Phi) is 3.85. The summed E-state index contributed by atoms with van der Waals surface area (Å²) in [5.74, 6) is 0. The molecule has 2 saturated heterocycles. The van der Waals surface area contributed by atoms with Crippen LogP contribution in [0.1, 0.15) is 52.9 Å². The van der Waals surface area contributed by atoms with E-state index in [1.165, 1.54) is 19.4 Å². The average Bonchev–Trinajstić information content (AvgIpc) is 2.28. The molecule has 1 spiro atoms. The summed E-state index contributed by atoms with van der Waals surface area (Å²) in [4.78, 5) is 14.4. The monoisotopic (exact) mass is 255 g/mol. The molecule has 0 aromatic heterocycles. The highest BCUT2D eigenvalue weighted by Crippen LogP contribution is 2.33. The average molecular weight is 255 g/mol. The van der Waals surface area contributed by atoms with Gasteiger partial charge in [-0.2, -0.15) is 0 Å². The third-order valence-corrected chi connectivity index (χ3v) is 4.03. The van der Waals surface area contributed by atoms with Crippen LogP contribution >= 0.6 is 0 Å². The molecular weight excluding hydrogens is 228 g/mol. The number of rotatable bonds is 0. The molecule has 2 aliphatic rings. The van der Waals surface area contributed by atoms with Crippen LogP contribution in [0, 0.1) is 0 Å². The zero-order chi connectivity index (χ0) is 13.2. The standard InChI is InChI=1S/C14H26N2O2/c1-13(2,3)18-12(17)16-10-5-4-7-14(16)8-6-9-15-11-14/h15H,4-11H2,1-3H3/p+1/t14-/m1/s1. The molecule has 0 aromatic carbocycles. The van der Waals surface area contributed by atoms with Crippen molar-refractivity contribution in [2.24, 2.45) is 0 Å². The Morgan fingerprint density at radius 3 is 2.56 bits per heavy atom. The lowest BCUT2D eigenvalue weighted by molar-refractivity contribution is -0.673. The minimum absolute atomic E-state index is 0.0683. The molecule has 1 amide bonds. The quantitative estimate of drug-likeness (QED) is 0.713. The Morgan fingerprint density at radius 1 is 1.22 bits per heavy atom. The SMILES string of the molecule is CC(C)(C)OC(=O)N1CCCC[C@]12CCC[NH2+]C2. The lowest BCUT2D eigenvalue weighted by Gasteiger charge is -2.47. The molecule has 2 fully saturated rings. The van der Waals surface area contributed by atoms with E-state index in [-0.39, 0.29) is 11.6 Å². The number of ether oxygens (including phenoxy) is 1. The highest BCUT2D eigenvalue weighted by Gasteiger charge is 2.45. The molecule has 0 aliphatic carbocycles. The van der Waals surface area contributed by atoms with Crippen molar-refractivity contribution < 1.29 is 14.8 Å². The van der Waals surface area contributed by atoms with Gasteiger partial charge in [0, 0.05) is 6.54 Å². The second-order valence-electron chi connectivity index (χ2n) is 6.70. The number of nitrogens with zero attached hydrogens (tertiary/aromatic N) is 1. The van der Waals surface area contributed by atoms with Gasteiger partial charge in [-0.25, -0.2) is 4.79 Å². The third-order valence-electron chi connectivity index (χ3n) is 4.03. The zero-order valence-corrected chi connectivity index (χ0v) is 12.0.